The highest BCUT2D eigenvalue weighted by molar-refractivity contribution is 7.91. The summed E-state index contributed by atoms with van der Waals surface area (Å²) >= 11 is 0. The summed E-state index contributed by atoms with van der Waals surface area (Å²) in [6, 6.07) is 9.06. The van der Waals surface area contributed by atoms with E-state index in [1.54, 1.807) is 24.3 Å². The van der Waals surface area contributed by atoms with Crippen molar-refractivity contribution >= 4 is 16.1 Å². The summed E-state index contributed by atoms with van der Waals surface area (Å²) in [6.45, 7) is 1.28. The molecule has 1 aliphatic rings. The van der Waals surface area contributed by atoms with Crippen LogP contribution in [-0.2, 0) is 23.0 Å². The molecule has 0 saturated carbocycles. The molecular formula is C21H20FN3O5S. The predicted molar refractivity (Wildman–Crippen MR) is 110 cm³/mol. The molecule has 31 heavy (non-hydrogen) atoms. The molecule has 162 valence electrons. The van der Waals surface area contributed by atoms with Crippen LogP contribution in [-0.4, -0.2) is 54.3 Å². The second-order valence-electron chi connectivity index (χ2n) is 7.20. The van der Waals surface area contributed by atoms with Crippen molar-refractivity contribution in [3.05, 3.63) is 65.3 Å². The summed E-state index contributed by atoms with van der Waals surface area (Å²) in [5, 5.41) is 4.16. The first-order chi connectivity index (χ1) is 14.9. The molecule has 0 bridgehead atoms. The number of pyridine rings is 1. The van der Waals surface area contributed by atoms with E-state index in [1.807, 2.05) is 4.90 Å². The van der Waals surface area contributed by atoms with Gasteiger partial charge in [-0.2, -0.15) is 0 Å². The number of hydrogen-bond acceptors (Lipinski definition) is 8. The second-order valence-corrected chi connectivity index (χ2v) is 9.51. The highest BCUT2D eigenvalue weighted by Gasteiger charge is 2.25. The van der Waals surface area contributed by atoms with Crippen molar-refractivity contribution in [3.63, 3.8) is 0 Å². The lowest BCUT2D eigenvalue weighted by atomic mass is 10.1. The zero-order valence-electron chi connectivity index (χ0n) is 16.5. The largest absolute Gasteiger partial charge is 0.473 e. The quantitative estimate of drug-likeness (QED) is 0.511. The van der Waals surface area contributed by atoms with E-state index in [4.69, 9.17) is 9.26 Å². The number of hydrogen-bond donors (Lipinski definition) is 0. The monoisotopic (exact) mass is 445 g/mol. The normalized spacial score (nSPS) is 16.2. The Morgan fingerprint density at radius 3 is 2.52 bits per heavy atom. The maximum atomic E-state index is 13.4. The summed E-state index contributed by atoms with van der Waals surface area (Å²) in [6.07, 6.45) is 2.10. The molecule has 0 N–H and O–H groups in total. The molecule has 0 amide bonds. The Bertz CT molecular complexity index is 1150. The van der Waals surface area contributed by atoms with E-state index >= 15 is 0 Å². The van der Waals surface area contributed by atoms with Crippen LogP contribution in [0.3, 0.4) is 0 Å². The van der Waals surface area contributed by atoms with Crippen LogP contribution in [0.15, 0.2) is 47.1 Å². The van der Waals surface area contributed by atoms with Crippen LogP contribution in [0.1, 0.15) is 21.7 Å². The van der Waals surface area contributed by atoms with Gasteiger partial charge in [0.2, 0.25) is 5.88 Å². The van der Waals surface area contributed by atoms with Crippen LogP contribution in [0.2, 0.25) is 0 Å². The van der Waals surface area contributed by atoms with Gasteiger partial charge in [0.1, 0.15) is 18.1 Å². The number of halogens is 1. The van der Waals surface area contributed by atoms with Gasteiger partial charge in [-0.05, 0) is 30.3 Å². The van der Waals surface area contributed by atoms with Gasteiger partial charge in [0.05, 0.1) is 23.6 Å². The van der Waals surface area contributed by atoms with Crippen molar-refractivity contribution in [3.8, 4) is 17.1 Å². The first-order valence-corrected chi connectivity index (χ1v) is 11.5. The standard InChI is InChI=1S/C21H20FN3O5S/c22-17-4-2-16(3-5-17)21-18(14-29-20-6-1-15(13-26)11-23-20)19(30-24-21)12-25-7-9-31(27,28)10-8-25/h1-6,11,13H,7-10,12,14H2. The van der Waals surface area contributed by atoms with E-state index in [1.165, 1.54) is 18.3 Å². The van der Waals surface area contributed by atoms with Gasteiger partial charge < -0.3 is 9.26 Å². The van der Waals surface area contributed by atoms with Gasteiger partial charge in [-0.3, -0.25) is 9.69 Å². The number of rotatable bonds is 7. The van der Waals surface area contributed by atoms with Crippen molar-refractivity contribution in [2.75, 3.05) is 24.6 Å². The Kier molecular flexibility index (Phi) is 6.10. The van der Waals surface area contributed by atoms with Crippen LogP contribution in [0, 0.1) is 5.82 Å². The van der Waals surface area contributed by atoms with E-state index in [-0.39, 0.29) is 23.9 Å². The molecule has 2 aromatic heterocycles. The molecule has 4 rings (SSSR count). The topological polar surface area (TPSA) is 103 Å². The number of nitrogens with zero attached hydrogens (tertiary/aromatic N) is 3. The molecule has 0 spiro atoms. The fourth-order valence-corrected chi connectivity index (χ4v) is 4.53. The second kappa shape index (κ2) is 8.94. The lowest BCUT2D eigenvalue weighted by Gasteiger charge is -2.25. The van der Waals surface area contributed by atoms with Gasteiger partial charge in [-0.25, -0.2) is 17.8 Å². The SMILES string of the molecule is O=Cc1ccc(OCc2c(-c3ccc(F)cc3)noc2CN2CCS(=O)(=O)CC2)nc1. The van der Waals surface area contributed by atoms with Gasteiger partial charge >= 0.3 is 0 Å². The summed E-state index contributed by atoms with van der Waals surface area (Å²) in [5.41, 5.74) is 2.29. The smallest absolute Gasteiger partial charge is 0.213 e. The Morgan fingerprint density at radius 1 is 1.13 bits per heavy atom. The molecule has 8 nitrogen and oxygen atoms in total. The number of carbonyl (C=O) groups is 1. The van der Waals surface area contributed by atoms with Gasteiger partial charge in [0, 0.05) is 36.5 Å². The van der Waals surface area contributed by atoms with Gasteiger partial charge in [0.25, 0.3) is 0 Å². The van der Waals surface area contributed by atoms with Crippen molar-refractivity contribution < 1.29 is 26.9 Å². The van der Waals surface area contributed by atoms with Crippen molar-refractivity contribution in [1.82, 2.24) is 15.0 Å². The minimum Gasteiger partial charge on any atom is -0.473 e. The summed E-state index contributed by atoms with van der Waals surface area (Å²) in [4.78, 5) is 16.9. The third-order valence-corrected chi connectivity index (χ3v) is 6.66. The van der Waals surface area contributed by atoms with E-state index in [0.29, 0.717) is 59.9 Å². The zero-order chi connectivity index (χ0) is 21.8. The Labute approximate surface area is 178 Å². The maximum absolute atomic E-state index is 13.4. The van der Waals surface area contributed by atoms with Crippen molar-refractivity contribution in [2.24, 2.45) is 0 Å². The minimum absolute atomic E-state index is 0.0884. The highest BCUT2D eigenvalue weighted by Crippen LogP contribution is 2.28. The molecule has 0 radical (unpaired) electrons. The Hall–Kier alpha value is -3.11. The number of benzene rings is 1. The van der Waals surface area contributed by atoms with Crippen molar-refractivity contribution in [2.45, 2.75) is 13.2 Å². The van der Waals surface area contributed by atoms with E-state index in [9.17, 15) is 17.6 Å². The fourth-order valence-electron chi connectivity index (χ4n) is 3.26. The molecular weight excluding hydrogens is 425 g/mol. The number of aromatic nitrogens is 2. The van der Waals surface area contributed by atoms with Gasteiger partial charge in [-0.15, -0.1) is 0 Å². The first kappa shape index (κ1) is 21.1. The third-order valence-electron chi connectivity index (χ3n) is 5.05. The number of carbonyl (C=O) groups excluding carboxylic acids is 1. The Balaban J connectivity index is 1.58. The van der Waals surface area contributed by atoms with Crippen LogP contribution >= 0.6 is 0 Å². The summed E-state index contributed by atoms with van der Waals surface area (Å²) in [5.74, 6) is 0.713. The lowest BCUT2D eigenvalue weighted by Crippen LogP contribution is -2.39. The molecule has 0 atom stereocenters. The maximum Gasteiger partial charge on any atom is 0.213 e. The molecule has 1 aromatic carbocycles. The van der Waals surface area contributed by atoms with E-state index in [0.717, 1.165) is 0 Å². The van der Waals surface area contributed by atoms with E-state index < -0.39 is 9.84 Å². The predicted octanol–water partition coefficient (Wildman–Crippen LogP) is 2.50. The van der Waals surface area contributed by atoms with Crippen molar-refractivity contribution in [1.29, 1.82) is 0 Å². The van der Waals surface area contributed by atoms with Gasteiger partial charge in [0.15, 0.2) is 21.9 Å². The van der Waals surface area contributed by atoms with Crippen LogP contribution in [0.5, 0.6) is 5.88 Å². The molecule has 1 saturated heterocycles. The molecule has 10 heteroatoms. The molecule has 3 aromatic rings. The summed E-state index contributed by atoms with van der Waals surface area (Å²) in [7, 11) is -2.99. The number of aldehydes is 1. The third kappa shape index (κ3) is 5.15. The molecule has 1 fully saturated rings. The van der Waals surface area contributed by atoms with Crippen LogP contribution in [0.4, 0.5) is 4.39 Å². The van der Waals surface area contributed by atoms with Crippen LogP contribution in [0.25, 0.3) is 11.3 Å². The molecule has 1 aliphatic heterocycles. The van der Waals surface area contributed by atoms with Crippen LogP contribution < -0.4 is 4.74 Å². The van der Waals surface area contributed by atoms with E-state index in [2.05, 4.69) is 10.1 Å². The first-order valence-electron chi connectivity index (χ1n) is 9.64. The average molecular weight is 445 g/mol. The Morgan fingerprint density at radius 2 is 1.87 bits per heavy atom. The van der Waals surface area contributed by atoms with Gasteiger partial charge in [-0.1, -0.05) is 5.16 Å². The minimum atomic E-state index is -2.99. The zero-order valence-corrected chi connectivity index (χ0v) is 17.3. The fraction of sp³-hybridized carbons (Fsp3) is 0.286. The molecule has 0 unspecified atom stereocenters. The highest BCUT2D eigenvalue weighted by atomic mass is 32.2. The molecule has 3 heterocycles. The number of sulfone groups is 1. The number of ether oxygens (including phenoxy) is 1. The summed E-state index contributed by atoms with van der Waals surface area (Å²) < 4.78 is 48.1. The average Bonchev–Trinajstić information content (AvgIpc) is 3.17. The molecule has 0 aliphatic carbocycles. The lowest BCUT2D eigenvalue weighted by molar-refractivity contribution is 0.112.